The van der Waals surface area contributed by atoms with E-state index in [2.05, 4.69) is 53.5 Å². The van der Waals surface area contributed by atoms with Crippen molar-refractivity contribution < 1.29 is 48.1 Å². The second kappa shape index (κ2) is 43.4. The van der Waals surface area contributed by atoms with Crippen LogP contribution in [0.4, 0.5) is 0 Å². The third kappa shape index (κ3) is 43.3. The van der Waals surface area contributed by atoms with E-state index in [1.807, 2.05) is 10.8 Å². The second-order valence-electron chi connectivity index (χ2n) is 14.3. The first-order chi connectivity index (χ1) is 25.1. The van der Waals surface area contributed by atoms with Gasteiger partial charge in [-0.1, -0.05) is 143 Å². The Labute approximate surface area is 339 Å². The molecular weight excluding hydrogens is 659 g/mol. The number of carbonyl (C=O) groups is 2. The molecule has 0 bridgehead atoms. The summed E-state index contributed by atoms with van der Waals surface area (Å²) in [4.78, 5) is 27.5. The van der Waals surface area contributed by atoms with Crippen LogP contribution >= 0.6 is 0 Å². The molecule has 9 heteroatoms. The fraction of sp³-hybridized carbons (Fsp3) is 0.818. The van der Waals surface area contributed by atoms with Crippen LogP contribution in [0.1, 0.15) is 201 Å². The number of hydrogen-bond donors (Lipinski definition) is 2. The normalized spacial score (nSPS) is 12.9. The zero-order valence-corrected chi connectivity index (χ0v) is 35.4. The summed E-state index contributed by atoms with van der Waals surface area (Å²) < 4.78 is 13.1. The summed E-state index contributed by atoms with van der Waals surface area (Å²) in [5.74, 6) is -0.124. The van der Waals surface area contributed by atoms with Crippen molar-refractivity contribution in [2.45, 2.75) is 232 Å². The number of nitrogens with zero attached hydrogens (tertiary/aromatic N) is 2. The fourth-order valence-electron chi connectivity index (χ4n) is 5.74. The van der Waals surface area contributed by atoms with Crippen molar-refractivity contribution in [3.8, 4) is 0 Å². The van der Waals surface area contributed by atoms with Gasteiger partial charge in [-0.15, -0.1) is 0 Å². The zero-order chi connectivity index (χ0) is 39.1. The van der Waals surface area contributed by atoms with E-state index in [0.29, 0.717) is 25.7 Å². The van der Waals surface area contributed by atoms with Crippen molar-refractivity contribution in [3.63, 3.8) is 0 Å². The van der Waals surface area contributed by atoms with Crippen molar-refractivity contribution in [1.29, 1.82) is 0 Å². The third-order valence-electron chi connectivity index (χ3n) is 9.08. The van der Waals surface area contributed by atoms with Crippen LogP contribution in [0.15, 0.2) is 18.7 Å². The summed E-state index contributed by atoms with van der Waals surface area (Å²) in [6, 6.07) is 0. The molecule has 2 N–H and O–H groups in total. The van der Waals surface area contributed by atoms with Crippen molar-refractivity contribution in [1.82, 2.24) is 9.55 Å². The van der Waals surface area contributed by atoms with Gasteiger partial charge in [0.05, 0.1) is 6.33 Å². The van der Waals surface area contributed by atoms with Crippen LogP contribution in [0, 0.1) is 20.8 Å². The van der Waals surface area contributed by atoms with Gasteiger partial charge in [0.2, 0.25) is 0 Å². The van der Waals surface area contributed by atoms with Crippen LogP contribution in [0.5, 0.6) is 0 Å². The molecule has 308 valence electrons. The van der Waals surface area contributed by atoms with Crippen LogP contribution < -0.4 is 18.9 Å². The van der Waals surface area contributed by atoms with Gasteiger partial charge in [0, 0.05) is 25.2 Å². The summed E-state index contributed by atoms with van der Waals surface area (Å²) in [5, 5.41) is 18.1. The Kier molecular flexibility index (Phi) is 45.9. The van der Waals surface area contributed by atoms with E-state index in [-0.39, 0.29) is 43.0 Å². The van der Waals surface area contributed by atoms with Crippen LogP contribution in [0.3, 0.4) is 0 Å². The molecule has 0 saturated heterocycles. The minimum absolute atomic E-state index is 0. The van der Waals surface area contributed by atoms with Crippen LogP contribution in [0.25, 0.3) is 0 Å². The molecule has 0 aliphatic heterocycles. The van der Waals surface area contributed by atoms with Gasteiger partial charge in [-0.3, -0.25) is 9.59 Å². The Morgan fingerprint density at radius 3 is 1.34 bits per heavy atom. The molecule has 4 atom stereocenters. The summed E-state index contributed by atoms with van der Waals surface area (Å²) in [6.07, 6.45) is 32.7. The Morgan fingerprint density at radius 1 is 0.623 bits per heavy atom. The van der Waals surface area contributed by atoms with E-state index in [1.165, 1.54) is 64.2 Å². The monoisotopic (exact) mass is 743 g/mol. The zero-order valence-electron chi connectivity index (χ0n) is 35.4. The van der Waals surface area contributed by atoms with Crippen LogP contribution in [-0.2, 0) is 25.6 Å². The molecule has 0 amide bonds. The second-order valence-corrected chi connectivity index (χ2v) is 14.3. The predicted octanol–water partition coefficient (Wildman–Crippen LogP) is 8.52. The number of rotatable bonds is 32. The molecule has 0 aliphatic carbocycles. The van der Waals surface area contributed by atoms with E-state index >= 15 is 0 Å². The first-order valence-corrected chi connectivity index (χ1v) is 21.3. The van der Waals surface area contributed by atoms with Gasteiger partial charge in [0.15, 0.2) is 0 Å². The van der Waals surface area contributed by atoms with E-state index in [9.17, 15) is 9.59 Å². The minimum Gasteiger partial charge on any atom is -0.462 e. The summed E-state index contributed by atoms with van der Waals surface area (Å²) in [6.45, 7) is 20.4. The minimum atomic E-state index is -0.478. The molecule has 1 aromatic heterocycles. The van der Waals surface area contributed by atoms with E-state index in [1.54, 1.807) is 12.5 Å². The summed E-state index contributed by atoms with van der Waals surface area (Å²) in [5.41, 5.74) is 0. The third-order valence-corrected chi connectivity index (χ3v) is 9.08. The number of carbonyl (C=O) groups excluding carboxylic acids is 2. The van der Waals surface area contributed by atoms with Crippen LogP contribution in [0.2, 0.25) is 0 Å². The molecule has 53 heavy (non-hydrogen) atoms. The van der Waals surface area contributed by atoms with Crippen molar-refractivity contribution >= 4 is 11.9 Å². The molecule has 2 unspecified atom stereocenters. The van der Waals surface area contributed by atoms with Crippen molar-refractivity contribution in [3.05, 3.63) is 39.5 Å². The van der Waals surface area contributed by atoms with Gasteiger partial charge in [0.1, 0.15) is 12.2 Å². The maximum atomic E-state index is 11.8. The van der Waals surface area contributed by atoms with Gasteiger partial charge in [-0.2, -0.15) is 6.42 Å². The molecule has 0 radical (unpaired) electrons. The molecule has 0 fully saturated rings. The van der Waals surface area contributed by atoms with Gasteiger partial charge < -0.3 is 45.0 Å². The maximum Gasteiger partial charge on any atom is 1.00 e. The first-order valence-electron chi connectivity index (χ1n) is 21.3. The number of aromatic nitrogens is 2. The van der Waals surface area contributed by atoms with Crippen molar-refractivity contribution in [2.75, 3.05) is 0 Å². The van der Waals surface area contributed by atoms with Gasteiger partial charge in [0.25, 0.3) is 0 Å². The Hall–Kier alpha value is -1.33. The largest absolute Gasteiger partial charge is 1.00 e. The maximum absolute atomic E-state index is 11.8. The standard InChI is InChI=1S/2C19H37O3.C6H9N2.Li/c2*1-4-6-7-8-9-12-15-18(5-2)22-19(21)16-13-10-11-14-17(3)20;1-2-4-8-5-3-7-6-8;/h2*17-18,20H,3-16H2,1-2H3;3,5-6H,1-2,4H2;/q3*-1;+1/t2*17-,18?;;/m10../s1. The molecule has 0 spiro atoms. The molecule has 1 aromatic rings. The number of aliphatic hydroxyl groups is 2. The van der Waals surface area contributed by atoms with Crippen molar-refractivity contribution in [2.24, 2.45) is 0 Å². The number of imidazole rings is 1. The Balaban J connectivity index is -0.000000766. The smallest absolute Gasteiger partial charge is 0.462 e. The van der Waals surface area contributed by atoms with E-state index in [4.69, 9.17) is 19.7 Å². The van der Waals surface area contributed by atoms with E-state index in [0.717, 1.165) is 90.0 Å². The molecule has 1 heterocycles. The number of unbranched alkanes of at least 4 members (excludes halogenated alkanes) is 14. The fourth-order valence-corrected chi connectivity index (χ4v) is 5.74. The number of aryl methyl sites for hydroxylation is 1. The number of aliphatic hydroxyl groups excluding tert-OH is 2. The number of ether oxygens (including phenoxy) is 2. The molecule has 0 saturated carbocycles. The van der Waals surface area contributed by atoms with Gasteiger partial charge >= 0.3 is 30.8 Å². The quantitative estimate of drug-likeness (QED) is 0.0330. The Bertz CT molecular complexity index is 816. The number of esters is 2. The SMILES string of the molecule is [CH2-]CCn1ccnc1.[CH2-][C@@H](O)CCCCCC(=O)OC(CC)CCCCCCCC.[CH2-][C@H](O)CCCCCC(=O)OC(CC)CCCCCCCC.[Li+]. The number of hydrogen-bond acceptors (Lipinski definition) is 7. The van der Waals surface area contributed by atoms with Crippen LogP contribution in [-0.4, -0.2) is 56.1 Å². The molecule has 0 aromatic carbocycles. The van der Waals surface area contributed by atoms with E-state index < -0.39 is 12.2 Å². The first kappa shape index (κ1) is 56.0. The summed E-state index contributed by atoms with van der Waals surface area (Å²) >= 11 is 0. The molecule has 1 rings (SSSR count). The van der Waals surface area contributed by atoms with Gasteiger partial charge in [-0.05, 0) is 57.9 Å². The molecule has 0 aliphatic rings. The molecule has 8 nitrogen and oxygen atoms in total. The topological polar surface area (TPSA) is 111 Å². The predicted molar refractivity (Wildman–Crippen MR) is 217 cm³/mol. The Morgan fingerprint density at radius 2 is 1.00 bits per heavy atom. The average molecular weight is 743 g/mol. The summed E-state index contributed by atoms with van der Waals surface area (Å²) in [7, 11) is 0. The molecular formula is C44H83LiN2O6-2. The average Bonchev–Trinajstić information content (AvgIpc) is 3.63. The van der Waals surface area contributed by atoms with Gasteiger partial charge in [-0.25, -0.2) is 4.98 Å².